The molecule has 0 aliphatic heterocycles. The summed E-state index contributed by atoms with van der Waals surface area (Å²) in [6.45, 7) is 0. The number of carbonyl (C=O) groups excluding carboxylic acids is 1. The van der Waals surface area contributed by atoms with Gasteiger partial charge in [-0.1, -0.05) is 22.9 Å². The van der Waals surface area contributed by atoms with Crippen molar-refractivity contribution in [3.63, 3.8) is 0 Å². The molecule has 1 amide bonds. The summed E-state index contributed by atoms with van der Waals surface area (Å²) in [5.74, 6) is -0.670. The van der Waals surface area contributed by atoms with Gasteiger partial charge in [-0.05, 0) is 36.4 Å². The Morgan fingerprint density at radius 3 is 2.38 bits per heavy atom. The Kier molecular flexibility index (Phi) is 6.20. The number of nitro benzene ring substituents is 1. The lowest BCUT2D eigenvalue weighted by atomic mass is 10.2. The molecular weight excluding hydrogens is 440 g/mol. The van der Waals surface area contributed by atoms with E-state index < -0.39 is 20.7 Å². The van der Waals surface area contributed by atoms with Crippen LogP contribution in [0, 0.1) is 10.1 Å². The summed E-state index contributed by atoms with van der Waals surface area (Å²) in [4.78, 5) is 22.4. The SMILES string of the molecule is O=C(Nc1nnc(CCS(=O)(=O)c2ccc(Cl)cc2)s1)c1ccc([N+](=O)[O-])cc1. The zero-order valence-corrected chi connectivity index (χ0v) is 17.0. The molecule has 1 aromatic heterocycles. The van der Waals surface area contributed by atoms with Gasteiger partial charge < -0.3 is 0 Å². The fraction of sp³-hybridized carbons (Fsp3) is 0.118. The second kappa shape index (κ2) is 8.64. The number of halogens is 1. The van der Waals surface area contributed by atoms with Gasteiger partial charge in [-0.25, -0.2) is 8.42 Å². The van der Waals surface area contributed by atoms with Gasteiger partial charge in [-0.3, -0.25) is 20.2 Å². The van der Waals surface area contributed by atoms with E-state index in [4.69, 9.17) is 11.6 Å². The van der Waals surface area contributed by atoms with E-state index in [1.165, 1.54) is 48.5 Å². The van der Waals surface area contributed by atoms with E-state index in [0.717, 1.165) is 11.3 Å². The lowest BCUT2D eigenvalue weighted by Gasteiger charge is -2.03. The number of anilines is 1. The van der Waals surface area contributed by atoms with Crippen molar-refractivity contribution in [3.05, 3.63) is 74.2 Å². The number of aromatic nitrogens is 2. The van der Waals surface area contributed by atoms with E-state index in [-0.39, 0.29) is 33.5 Å². The van der Waals surface area contributed by atoms with Crippen molar-refractivity contribution < 1.29 is 18.1 Å². The maximum Gasteiger partial charge on any atom is 0.269 e. The van der Waals surface area contributed by atoms with E-state index in [2.05, 4.69) is 15.5 Å². The fourth-order valence-electron chi connectivity index (χ4n) is 2.29. The summed E-state index contributed by atoms with van der Waals surface area (Å²) in [6.07, 6.45) is 0.135. The predicted molar refractivity (Wildman–Crippen MR) is 108 cm³/mol. The Morgan fingerprint density at radius 1 is 1.10 bits per heavy atom. The van der Waals surface area contributed by atoms with Gasteiger partial charge in [0.05, 0.1) is 15.6 Å². The van der Waals surface area contributed by atoms with E-state index in [9.17, 15) is 23.3 Å². The van der Waals surface area contributed by atoms with E-state index in [0.29, 0.717) is 10.0 Å². The number of rotatable bonds is 7. The molecule has 0 bridgehead atoms. The average Bonchev–Trinajstić information content (AvgIpc) is 3.14. The maximum absolute atomic E-state index is 12.4. The van der Waals surface area contributed by atoms with Crippen LogP contribution in [-0.2, 0) is 16.3 Å². The molecule has 12 heteroatoms. The van der Waals surface area contributed by atoms with Crippen LogP contribution in [0.1, 0.15) is 15.4 Å². The number of hydrogen-bond acceptors (Lipinski definition) is 8. The third-order valence-electron chi connectivity index (χ3n) is 3.79. The van der Waals surface area contributed by atoms with Gasteiger partial charge in [-0.15, -0.1) is 10.2 Å². The smallest absolute Gasteiger partial charge is 0.269 e. The third kappa shape index (κ3) is 5.34. The maximum atomic E-state index is 12.4. The van der Waals surface area contributed by atoms with Gasteiger partial charge in [0.25, 0.3) is 11.6 Å². The highest BCUT2D eigenvalue weighted by atomic mass is 35.5. The van der Waals surface area contributed by atoms with Crippen molar-refractivity contribution in [3.8, 4) is 0 Å². The quantitative estimate of drug-likeness (QED) is 0.429. The Morgan fingerprint density at radius 2 is 1.76 bits per heavy atom. The van der Waals surface area contributed by atoms with Crippen molar-refractivity contribution in [2.45, 2.75) is 11.3 Å². The molecule has 0 saturated carbocycles. The number of carbonyl (C=O) groups is 1. The number of nitro groups is 1. The van der Waals surface area contributed by atoms with Crippen molar-refractivity contribution in [2.24, 2.45) is 0 Å². The molecule has 0 aliphatic carbocycles. The molecule has 29 heavy (non-hydrogen) atoms. The molecule has 150 valence electrons. The molecular formula is C17H13ClN4O5S2. The van der Waals surface area contributed by atoms with Crippen LogP contribution in [0.4, 0.5) is 10.8 Å². The highest BCUT2D eigenvalue weighted by molar-refractivity contribution is 7.91. The number of nitrogens with zero attached hydrogens (tertiary/aromatic N) is 3. The third-order valence-corrected chi connectivity index (χ3v) is 6.67. The van der Waals surface area contributed by atoms with E-state index >= 15 is 0 Å². The molecule has 0 atom stereocenters. The molecule has 0 radical (unpaired) electrons. The number of sulfone groups is 1. The number of nitrogens with one attached hydrogen (secondary N) is 1. The van der Waals surface area contributed by atoms with Gasteiger partial charge in [0.1, 0.15) is 5.01 Å². The van der Waals surface area contributed by atoms with Crippen molar-refractivity contribution in [1.82, 2.24) is 10.2 Å². The second-order valence-corrected chi connectivity index (χ2v) is 9.39. The standard InChI is InChI=1S/C17H13ClN4O5S2/c18-12-3-7-14(8-4-12)29(26,27)10-9-15-20-21-17(28-15)19-16(23)11-1-5-13(6-2-11)22(24)25/h1-8H,9-10H2,(H,19,21,23). The van der Waals surface area contributed by atoms with Crippen LogP contribution in [0.2, 0.25) is 5.02 Å². The van der Waals surface area contributed by atoms with Gasteiger partial charge in [0.15, 0.2) is 9.84 Å². The zero-order chi connectivity index (χ0) is 21.0. The molecule has 0 saturated heterocycles. The summed E-state index contributed by atoms with van der Waals surface area (Å²) >= 11 is 6.82. The highest BCUT2D eigenvalue weighted by Crippen LogP contribution is 2.20. The van der Waals surface area contributed by atoms with Crippen molar-refractivity contribution in [1.29, 1.82) is 0 Å². The lowest BCUT2D eigenvalue weighted by molar-refractivity contribution is -0.384. The number of hydrogen-bond donors (Lipinski definition) is 1. The second-order valence-electron chi connectivity index (χ2n) is 5.78. The Hall–Kier alpha value is -2.89. The molecule has 0 unspecified atom stereocenters. The summed E-state index contributed by atoms with van der Waals surface area (Å²) in [6, 6.07) is 11.0. The summed E-state index contributed by atoms with van der Waals surface area (Å²) < 4.78 is 24.7. The highest BCUT2D eigenvalue weighted by Gasteiger charge is 2.17. The van der Waals surface area contributed by atoms with E-state index in [1.54, 1.807) is 0 Å². The van der Waals surface area contributed by atoms with Gasteiger partial charge >= 0.3 is 0 Å². The first-order valence-corrected chi connectivity index (χ1v) is 11.0. The molecule has 0 fully saturated rings. The van der Waals surface area contributed by atoms with Crippen LogP contribution >= 0.6 is 22.9 Å². The summed E-state index contributed by atoms with van der Waals surface area (Å²) in [5.41, 5.74) is 0.0966. The topological polar surface area (TPSA) is 132 Å². The first-order chi connectivity index (χ1) is 13.7. The normalized spacial score (nSPS) is 11.2. The number of aryl methyl sites for hydroxylation is 1. The van der Waals surface area contributed by atoms with Crippen LogP contribution < -0.4 is 5.32 Å². The van der Waals surface area contributed by atoms with Crippen molar-refractivity contribution in [2.75, 3.05) is 11.1 Å². The molecule has 3 aromatic rings. The first kappa shape index (κ1) is 20.8. The zero-order valence-electron chi connectivity index (χ0n) is 14.6. The Bertz CT molecular complexity index is 1150. The van der Waals surface area contributed by atoms with Crippen molar-refractivity contribution >= 4 is 49.5 Å². The van der Waals surface area contributed by atoms with E-state index in [1.807, 2.05) is 0 Å². The molecule has 9 nitrogen and oxygen atoms in total. The van der Waals surface area contributed by atoms with Crippen LogP contribution in [0.15, 0.2) is 53.4 Å². The Labute approximate surface area is 174 Å². The fourth-order valence-corrected chi connectivity index (χ4v) is 4.53. The number of benzene rings is 2. The molecule has 3 rings (SSSR count). The van der Waals surface area contributed by atoms with Gasteiger partial charge in [0.2, 0.25) is 5.13 Å². The van der Waals surface area contributed by atoms with Crippen LogP contribution in [0.3, 0.4) is 0 Å². The van der Waals surface area contributed by atoms with Gasteiger partial charge in [0, 0.05) is 29.1 Å². The van der Waals surface area contributed by atoms with Crippen LogP contribution in [0.5, 0.6) is 0 Å². The monoisotopic (exact) mass is 452 g/mol. The molecule has 0 aliphatic rings. The Balaban J connectivity index is 1.61. The lowest BCUT2D eigenvalue weighted by Crippen LogP contribution is -2.11. The van der Waals surface area contributed by atoms with Gasteiger partial charge in [-0.2, -0.15) is 0 Å². The summed E-state index contributed by atoms with van der Waals surface area (Å²) in [7, 11) is -3.51. The predicted octanol–water partition coefficient (Wildman–Crippen LogP) is 3.37. The summed E-state index contributed by atoms with van der Waals surface area (Å²) in [5, 5.41) is 22.0. The van der Waals surface area contributed by atoms with Crippen LogP contribution in [0.25, 0.3) is 0 Å². The minimum atomic E-state index is -3.51. The molecule has 1 heterocycles. The minimum absolute atomic E-state index is 0.123. The number of amides is 1. The average molecular weight is 453 g/mol. The van der Waals surface area contributed by atoms with Crippen LogP contribution in [-0.4, -0.2) is 35.2 Å². The minimum Gasteiger partial charge on any atom is -0.296 e. The molecule has 1 N–H and O–H groups in total. The molecule has 2 aromatic carbocycles. The largest absolute Gasteiger partial charge is 0.296 e. The molecule has 0 spiro atoms. The number of non-ortho nitro benzene ring substituents is 1. The first-order valence-electron chi connectivity index (χ1n) is 8.11.